The summed E-state index contributed by atoms with van der Waals surface area (Å²) in [5.41, 5.74) is 0. The van der Waals surface area contributed by atoms with Gasteiger partial charge in [0.15, 0.2) is 0 Å². The van der Waals surface area contributed by atoms with E-state index in [1.807, 2.05) is 0 Å². The van der Waals surface area contributed by atoms with Crippen LogP contribution in [-0.4, -0.2) is 21.5 Å². The number of aromatic nitrogens is 3. The van der Waals surface area contributed by atoms with E-state index in [-0.39, 0.29) is 0 Å². The largest absolute Gasteiger partial charge is 0.354 e. The summed E-state index contributed by atoms with van der Waals surface area (Å²) in [6.45, 7) is 2.84. The Labute approximate surface area is 70.3 Å². The first-order chi connectivity index (χ1) is 5.83. The molecule has 0 unspecified atom stereocenters. The molecule has 0 saturated heterocycles. The van der Waals surface area contributed by atoms with Gasteiger partial charge in [-0.2, -0.15) is 14.4 Å². The molecule has 0 spiro atoms. The number of nitrogens with one attached hydrogen (secondary N) is 1. The first kappa shape index (κ1) is 8.83. The molecule has 5 heteroatoms. The third-order valence-corrected chi connectivity index (χ3v) is 1.36. The van der Waals surface area contributed by atoms with Gasteiger partial charge in [-0.25, -0.2) is 4.98 Å². The summed E-state index contributed by atoms with van der Waals surface area (Å²) >= 11 is 0. The van der Waals surface area contributed by atoms with E-state index in [0.717, 1.165) is 25.7 Å². The molecule has 0 aliphatic rings. The first-order valence-electron chi connectivity index (χ1n) is 3.91. The summed E-state index contributed by atoms with van der Waals surface area (Å²) in [6, 6.07) is 0. The minimum atomic E-state index is -0.746. The molecule has 0 aliphatic heterocycles. The summed E-state index contributed by atoms with van der Waals surface area (Å²) in [5.74, 6) is 0.302. The molecule has 0 fully saturated rings. The number of hydrogen-bond acceptors (Lipinski definition) is 4. The predicted octanol–water partition coefficient (Wildman–Crippen LogP) is 1.22. The Kier molecular flexibility index (Phi) is 3.37. The zero-order valence-electron chi connectivity index (χ0n) is 6.92. The smallest absolute Gasteiger partial charge is 0.313 e. The van der Waals surface area contributed by atoms with E-state index >= 15 is 0 Å². The Morgan fingerprint density at radius 1 is 1.50 bits per heavy atom. The Hall–Kier alpha value is -1.26. The van der Waals surface area contributed by atoms with Gasteiger partial charge in [0, 0.05) is 6.54 Å². The molecule has 0 atom stereocenters. The van der Waals surface area contributed by atoms with E-state index in [0.29, 0.717) is 5.95 Å². The SMILES string of the molecule is CCCCNc1ncnc(F)n1. The molecule has 1 aromatic heterocycles. The van der Waals surface area contributed by atoms with Crippen molar-refractivity contribution in [3.05, 3.63) is 12.4 Å². The molecule has 0 bridgehead atoms. The monoisotopic (exact) mass is 170 g/mol. The Bertz CT molecular complexity index is 241. The maximum absolute atomic E-state index is 12.4. The van der Waals surface area contributed by atoms with E-state index in [9.17, 15) is 4.39 Å². The predicted molar refractivity (Wildman–Crippen MR) is 43.2 cm³/mol. The number of nitrogens with zero attached hydrogens (tertiary/aromatic N) is 3. The van der Waals surface area contributed by atoms with Gasteiger partial charge < -0.3 is 5.32 Å². The van der Waals surface area contributed by atoms with Crippen LogP contribution in [0.5, 0.6) is 0 Å². The minimum Gasteiger partial charge on any atom is -0.354 e. The van der Waals surface area contributed by atoms with Crippen LogP contribution in [-0.2, 0) is 0 Å². The van der Waals surface area contributed by atoms with Crippen LogP contribution in [0.25, 0.3) is 0 Å². The van der Waals surface area contributed by atoms with Gasteiger partial charge >= 0.3 is 6.08 Å². The second-order valence-corrected chi connectivity index (χ2v) is 2.36. The molecule has 0 aliphatic carbocycles. The molecule has 1 rings (SSSR count). The second kappa shape index (κ2) is 4.58. The minimum absolute atomic E-state index is 0.302. The normalized spacial score (nSPS) is 9.83. The lowest BCUT2D eigenvalue weighted by Crippen LogP contribution is -2.06. The van der Waals surface area contributed by atoms with Gasteiger partial charge in [-0.15, -0.1) is 0 Å². The molecule has 0 radical (unpaired) electrons. The van der Waals surface area contributed by atoms with Crippen molar-refractivity contribution in [3.8, 4) is 0 Å². The van der Waals surface area contributed by atoms with Crippen LogP contribution in [0.15, 0.2) is 6.33 Å². The highest BCUT2D eigenvalue weighted by atomic mass is 19.1. The number of halogens is 1. The van der Waals surface area contributed by atoms with Gasteiger partial charge in [-0.05, 0) is 6.42 Å². The summed E-state index contributed by atoms with van der Waals surface area (Å²) < 4.78 is 12.4. The van der Waals surface area contributed by atoms with Crippen LogP contribution in [0.4, 0.5) is 10.3 Å². The summed E-state index contributed by atoms with van der Waals surface area (Å²) in [6.07, 6.45) is 2.51. The lowest BCUT2D eigenvalue weighted by atomic mass is 10.3. The molecule has 66 valence electrons. The molecule has 0 amide bonds. The van der Waals surface area contributed by atoms with E-state index < -0.39 is 6.08 Å². The fourth-order valence-corrected chi connectivity index (χ4v) is 0.738. The van der Waals surface area contributed by atoms with Crippen molar-refractivity contribution in [1.29, 1.82) is 0 Å². The zero-order chi connectivity index (χ0) is 8.81. The number of hydrogen-bond donors (Lipinski definition) is 1. The van der Waals surface area contributed by atoms with E-state index in [1.54, 1.807) is 0 Å². The molecule has 1 aromatic rings. The fraction of sp³-hybridized carbons (Fsp3) is 0.571. The summed E-state index contributed by atoms with van der Waals surface area (Å²) in [7, 11) is 0. The third-order valence-electron chi connectivity index (χ3n) is 1.36. The quantitative estimate of drug-likeness (QED) is 0.690. The molecular weight excluding hydrogens is 159 g/mol. The van der Waals surface area contributed by atoms with Crippen LogP contribution in [0.3, 0.4) is 0 Å². The highest BCUT2D eigenvalue weighted by molar-refractivity contribution is 5.20. The lowest BCUT2D eigenvalue weighted by molar-refractivity contribution is 0.534. The van der Waals surface area contributed by atoms with Crippen LogP contribution in [0.1, 0.15) is 19.8 Å². The maximum Gasteiger partial charge on any atom is 0.313 e. The average Bonchev–Trinajstić information content (AvgIpc) is 2.05. The van der Waals surface area contributed by atoms with Crippen molar-refractivity contribution >= 4 is 5.95 Å². The summed E-state index contributed by atoms with van der Waals surface area (Å²) in [4.78, 5) is 10.4. The van der Waals surface area contributed by atoms with Gasteiger partial charge in [-0.3, -0.25) is 0 Å². The van der Waals surface area contributed by atoms with Crippen molar-refractivity contribution < 1.29 is 4.39 Å². The van der Waals surface area contributed by atoms with Gasteiger partial charge in [-0.1, -0.05) is 13.3 Å². The fourth-order valence-electron chi connectivity index (χ4n) is 0.738. The Morgan fingerprint density at radius 3 is 3.00 bits per heavy atom. The zero-order valence-corrected chi connectivity index (χ0v) is 6.92. The standard InChI is InChI=1S/C7H11FN4/c1-2-3-4-9-7-11-5-10-6(8)12-7/h5H,2-4H2,1H3,(H,9,10,11,12). The second-order valence-electron chi connectivity index (χ2n) is 2.36. The van der Waals surface area contributed by atoms with E-state index in [4.69, 9.17) is 0 Å². The van der Waals surface area contributed by atoms with Crippen LogP contribution >= 0.6 is 0 Å². The van der Waals surface area contributed by atoms with Crippen LogP contribution < -0.4 is 5.32 Å². The molecule has 0 aromatic carbocycles. The van der Waals surface area contributed by atoms with Crippen LogP contribution in [0, 0.1) is 6.08 Å². The summed E-state index contributed by atoms with van der Waals surface area (Å²) in [5, 5.41) is 2.88. The van der Waals surface area contributed by atoms with Crippen LogP contribution in [0.2, 0.25) is 0 Å². The van der Waals surface area contributed by atoms with E-state index in [1.165, 1.54) is 0 Å². The Morgan fingerprint density at radius 2 is 2.33 bits per heavy atom. The average molecular weight is 170 g/mol. The van der Waals surface area contributed by atoms with Gasteiger partial charge in [0.25, 0.3) is 0 Å². The van der Waals surface area contributed by atoms with Gasteiger partial charge in [0.1, 0.15) is 6.33 Å². The molecular formula is C7H11FN4. The number of anilines is 1. The Balaban J connectivity index is 2.41. The first-order valence-corrected chi connectivity index (χ1v) is 3.91. The third kappa shape index (κ3) is 2.77. The van der Waals surface area contributed by atoms with Crippen molar-refractivity contribution in [2.45, 2.75) is 19.8 Å². The topological polar surface area (TPSA) is 50.7 Å². The molecule has 1 heterocycles. The molecule has 12 heavy (non-hydrogen) atoms. The highest BCUT2D eigenvalue weighted by Crippen LogP contribution is 1.96. The van der Waals surface area contributed by atoms with Gasteiger partial charge in [0.2, 0.25) is 5.95 Å². The van der Waals surface area contributed by atoms with Crippen molar-refractivity contribution in [1.82, 2.24) is 15.0 Å². The van der Waals surface area contributed by atoms with Crippen molar-refractivity contribution in [2.75, 3.05) is 11.9 Å². The lowest BCUT2D eigenvalue weighted by Gasteiger charge is -2.01. The van der Waals surface area contributed by atoms with E-state index in [2.05, 4.69) is 27.2 Å². The molecule has 1 N–H and O–H groups in total. The van der Waals surface area contributed by atoms with Crippen molar-refractivity contribution in [3.63, 3.8) is 0 Å². The number of unbranched alkanes of at least 4 members (excludes halogenated alkanes) is 1. The highest BCUT2D eigenvalue weighted by Gasteiger charge is 1.96. The maximum atomic E-state index is 12.4. The molecule has 4 nitrogen and oxygen atoms in total. The van der Waals surface area contributed by atoms with Crippen molar-refractivity contribution in [2.24, 2.45) is 0 Å². The molecule has 0 saturated carbocycles. The van der Waals surface area contributed by atoms with Gasteiger partial charge in [0.05, 0.1) is 0 Å². The number of rotatable bonds is 4.